The highest BCUT2D eigenvalue weighted by atomic mass is 19.4. The standard InChI is InChI=1S/C14H15F3N2O4/c1-7(20)10-11(8-3-5-9(23-2)6-4-8)18-12(21)19-13(10,22)14(15,16)17/h3-6,10-11,22H,1-2H3,(H2,18,19,21)/t10-,11+,13-/m1/s1. The third-order valence-corrected chi connectivity index (χ3v) is 3.72. The van der Waals surface area contributed by atoms with Gasteiger partial charge in [-0.05, 0) is 24.6 Å². The van der Waals surface area contributed by atoms with Gasteiger partial charge in [0.05, 0.1) is 19.1 Å². The van der Waals surface area contributed by atoms with E-state index in [0.717, 1.165) is 6.92 Å². The van der Waals surface area contributed by atoms with E-state index in [2.05, 4.69) is 5.32 Å². The van der Waals surface area contributed by atoms with E-state index < -0.39 is 35.7 Å². The number of ether oxygens (including phenoxy) is 1. The lowest BCUT2D eigenvalue weighted by Gasteiger charge is -2.44. The van der Waals surface area contributed by atoms with Crippen LogP contribution in [-0.4, -0.2) is 35.9 Å². The molecule has 3 atom stereocenters. The van der Waals surface area contributed by atoms with Crippen molar-refractivity contribution in [3.63, 3.8) is 0 Å². The van der Waals surface area contributed by atoms with Crippen molar-refractivity contribution < 1.29 is 32.6 Å². The molecule has 9 heteroatoms. The van der Waals surface area contributed by atoms with Crippen LogP contribution in [0, 0.1) is 5.92 Å². The Bertz CT molecular complexity index is 617. The fraction of sp³-hybridized carbons (Fsp3) is 0.429. The molecule has 1 aliphatic rings. The molecule has 3 N–H and O–H groups in total. The van der Waals surface area contributed by atoms with Crippen LogP contribution in [0.25, 0.3) is 0 Å². The predicted octanol–water partition coefficient (Wildman–Crippen LogP) is 1.51. The normalized spacial score (nSPS) is 27.8. The van der Waals surface area contributed by atoms with Crippen LogP contribution in [0.2, 0.25) is 0 Å². The van der Waals surface area contributed by atoms with Crippen molar-refractivity contribution in [2.75, 3.05) is 7.11 Å². The van der Waals surface area contributed by atoms with Crippen molar-refractivity contribution in [3.05, 3.63) is 29.8 Å². The molecule has 0 saturated carbocycles. The Hall–Kier alpha value is -2.29. The summed E-state index contributed by atoms with van der Waals surface area (Å²) in [6, 6.07) is 3.24. The quantitative estimate of drug-likeness (QED) is 0.783. The molecule has 0 aromatic heterocycles. The molecule has 1 saturated heterocycles. The minimum Gasteiger partial charge on any atom is -0.497 e. The number of methoxy groups -OCH3 is 1. The van der Waals surface area contributed by atoms with Gasteiger partial charge in [-0.15, -0.1) is 0 Å². The first kappa shape index (κ1) is 17.1. The van der Waals surface area contributed by atoms with Gasteiger partial charge >= 0.3 is 12.2 Å². The zero-order valence-corrected chi connectivity index (χ0v) is 12.3. The third kappa shape index (κ3) is 2.96. The molecular formula is C14H15F3N2O4. The predicted molar refractivity (Wildman–Crippen MR) is 72.6 cm³/mol. The molecule has 1 aliphatic heterocycles. The maximum absolute atomic E-state index is 13.3. The summed E-state index contributed by atoms with van der Waals surface area (Å²) in [5.41, 5.74) is -3.41. The lowest BCUT2D eigenvalue weighted by molar-refractivity contribution is -0.290. The van der Waals surface area contributed by atoms with Crippen LogP contribution in [0.3, 0.4) is 0 Å². The molecule has 6 nitrogen and oxygen atoms in total. The van der Waals surface area contributed by atoms with Crippen molar-refractivity contribution >= 4 is 11.8 Å². The molecule has 0 bridgehead atoms. The van der Waals surface area contributed by atoms with E-state index in [4.69, 9.17) is 4.74 Å². The van der Waals surface area contributed by atoms with Gasteiger partial charge in [-0.25, -0.2) is 4.79 Å². The number of alkyl halides is 3. The Morgan fingerprint density at radius 2 is 1.87 bits per heavy atom. The fourth-order valence-corrected chi connectivity index (χ4v) is 2.62. The van der Waals surface area contributed by atoms with Gasteiger partial charge in [-0.2, -0.15) is 13.2 Å². The molecule has 0 radical (unpaired) electrons. The fourth-order valence-electron chi connectivity index (χ4n) is 2.62. The second kappa shape index (κ2) is 5.73. The van der Waals surface area contributed by atoms with E-state index in [1.165, 1.54) is 36.7 Å². The van der Waals surface area contributed by atoms with Gasteiger partial charge in [0.15, 0.2) is 0 Å². The van der Waals surface area contributed by atoms with Crippen molar-refractivity contribution in [2.45, 2.75) is 24.9 Å². The van der Waals surface area contributed by atoms with Crippen LogP contribution in [0.15, 0.2) is 24.3 Å². The van der Waals surface area contributed by atoms with Gasteiger partial charge in [0, 0.05) is 0 Å². The summed E-state index contributed by atoms with van der Waals surface area (Å²) in [6.07, 6.45) is -5.22. The molecule has 126 valence electrons. The van der Waals surface area contributed by atoms with Crippen molar-refractivity contribution in [1.82, 2.24) is 10.6 Å². The zero-order valence-electron chi connectivity index (χ0n) is 12.3. The highest BCUT2D eigenvalue weighted by Crippen LogP contribution is 2.42. The molecule has 0 aliphatic carbocycles. The van der Waals surface area contributed by atoms with Crippen LogP contribution in [-0.2, 0) is 4.79 Å². The van der Waals surface area contributed by atoms with E-state index in [-0.39, 0.29) is 5.56 Å². The Morgan fingerprint density at radius 1 is 1.30 bits per heavy atom. The molecule has 0 spiro atoms. The first-order valence-electron chi connectivity index (χ1n) is 6.62. The minimum absolute atomic E-state index is 0.239. The van der Waals surface area contributed by atoms with Gasteiger partial charge in [-0.1, -0.05) is 12.1 Å². The Morgan fingerprint density at radius 3 is 2.30 bits per heavy atom. The second-order valence-corrected chi connectivity index (χ2v) is 5.20. The molecule has 0 unspecified atom stereocenters. The molecule has 23 heavy (non-hydrogen) atoms. The maximum atomic E-state index is 13.3. The number of carbonyl (C=O) groups excluding carboxylic acids is 2. The number of rotatable bonds is 3. The summed E-state index contributed by atoms with van der Waals surface area (Å²) in [6.45, 7) is 0.928. The van der Waals surface area contributed by atoms with E-state index >= 15 is 0 Å². The number of amides is 2. The van der Waals surface area contributed by atoms with E-state index in [9.17, 15) is 27.9 Å². The molecule has 1 aromatic rings. The number of hydrogen-bond acceptors (Lipinski definition) is 4. The maximum Gasteiger partial charge on any atom is 0.437 e. The summed E-state index contributed by atoms with van der Waals surface area (Å²) in [5.74, 6) is -2.40. The number of benzene rings is 1. The minimum atomic E-state index is -5.22. The van der Waals surface area contributed by atoms with E-state index in [1.807, 2.05) is 0 Å². The largest absolute Gasteiger partial charge is 0.497 e. The molecule has 1 fully saturated rings. The second-order valence-electron chi connectivity index (χ2n) is 5.20. The number of halogens is 3. The molecule has 1 aromatic carbocycles. The summed E-state index contributed by atoms with van der Waals surface area (Å²) in [5, 5.41) is 13.7. The van der Waals surface area contributed by atoms with E-state index in [0.29, 0.717) is 5.75 Å². The molecule has 1 heterocycles. The first-order chi connectivity index (χ1) is 10.6. The van der Waals surface area contributed by atoms with Crippen molar-refractivity contribution in [3.8, 4) is 5.75 Å². The van der Waals surface area contributed by atoms with Gasteiger partial charge in [0.25, 0.3) is 0 Å². The average Bonchev–Trinajstić information content (AvgIpc) is 2.45. The number of ketones is 1. The smallest absolute Gasteiger partial charge is 0.437 e. The van der Waals surface area contributed by atoms with Gasteiger partial charge in [0.2, 0.25) is 5.72 Å². The summed E-state index contributed by atoms with van der Waals surface area (Å²) in [4.78, 5) is 23.4. The van der Waals surface area contributed by atoms with Crippen molar-refractivity contribution in [2.24, 2.45) is 5.92 Å². The van der Waals surface area contributed by atoms with E-state index in [1.54, 1.807) is 0 Å². The van der Waals surface area contributed by atoms with Gasteiger partial charge in [-0.3, -0.25) is 4.79 Å². The van der Waals surface area contributed by atoms with Crippen LogP contribution in [0.4, 0.5) is 18.0 Å². The monoisotopic (exact) mass is 332 g/mol. The average molecular weight is 332 g/mol. The number of aliphatic hydroxyl groups is 1. The Balaban J connectivity index is 2.51. The first-order valence-corrected chi connectivity index (χ1v) is 6.62. The Kier molecular flexibility index (Phi) is 4.25. The van der Waals surface area contributed by atoms with Crippen LogP contribution in [0.1, 0.15) is 18.5 Å². The molecule has 2 rings (SSSR count). The third-order valence-electron chi connectivity index (χ3n) is 3.72. The van der Waals surface area contributed by atoms with Gasteiger partial charge in [0.1, 0.15) is 11.5 Å². The molecular weight excluding hydrogens is 317 g/mol. The Labute approximate surface area is 129 Å². The number of carbonyl (C=O) groups is 2. The summed E-state index contributed by atoms with van der Waals surface area (Å²) < 4.78 is 44.7. The SMILES string of the molecule is COc1ccc([C@@H]2NC(=O)N[C@](O)(C(F)(F)F)[C@@H]2C(C)=O)cc1. The topological polar surface area (TPSA) is 87.7 Å². The van der Waals surface area contributed by atoms with Gasteiger partial charge < -0.3 is 20.5 Å². The zero-order chi connectivity index (χ0) is 17.4. The van der Waals surface area contributed by atoms with Crippen LogP contribution < -0.4 is 15.4 Å². The number of nitrogens with one attached hydrogen (secondary N) is 2. The number of Topliss-reactive ketones (excluding diaryl/α,β-unsaturated/α-hetero) is 1. The lowest BCUT2D eigenvalue weighted by atomic mass is 9.79. The van der Waals surface area contributed by atoms with Crippen LogP contribution >= 0.6 is 0 Å². The number of hydrogen-bond donors (Lipinski definition) is 3. The van der Waals surface area contributed by atoms with Crippen LogP contribution in [0.5, 0.6) is 5.75 Å². The summed E-state index contributed by atoms with van der Waals surface area (Å²) >= 11 is 0. The highest BCUT2D eigenvalue weighted by Gasteiger charge is 2.65. The molecule has 2 amide bonds. The number of urea groups is 1. The lowest BCUT2D eigenvalue weighted by Crippen LogP contribution is -2.72. The summed E-state index contributed by atoms with van der Waals surface area (Å²) in [7, 11) is 1.42. The highest BCUT2D eigenvalue weighted by molar-refractivity contribution is 5.86. The van der Waals surface area contributed by atoms with Crippen molar-refractivity contribution in [1.29, 1.82) is 0 Å².